The quantitative estimate of drug-likeness (QED) is 0.617. The molecule has 0 aliphatic carbocycles. The van der Waals surface area contributed by atoms with E-state index in [2.05, 4.69) is 31.2 Å². The summed E-state index contributed by atoms with van der Waals surface area (Å²) in [5, 5.41) is 3.95. The number of pyridine rings is 1. The highest BCUT2D eigenvalue weighted by Gasteiger charge is 2.16. The number of nitrogens with zero attached hydrogens (tertiary/aromatic N) is 3. The van der Waals surface area contributed by atoms with Gasteiger partial charge in [-0.25, -0.2) is 9.97 Å². The van der Waals surface area contributed by atoms with Crippen molar-refractivity contribution in [1.82, 2.24) is 14.5 Å². The summed E-state index contributed by atoms with van der Waals surface area (Å²) >= 11 is 5.00. The fourth-order valence-corrected chi connectivity index (χ4v) is 3.65. The van der Waals surface area contributed by atoms with E-state index >= 15 is 0 Å². The van der Waals surface area contributed by atoms with E-state index in [9.17, 15) is 4.79 Å². The van der Waals surface area contributed by atoms with E-state index < -0.39 is 0 Å². The summed E-state index contributed by atoms with van der Waals surface area (Å²) in [5.74, 6) is 0.731. The van der Waals surface area contributed by atoms with Crippen LogP contribution in [0.5, 0.6) is 5.75 Å². The molecule has 0 amide bonds. The van der Waals surface area contributed by atoms with Crippen molar-refractivity contribution >= 4 is 33.4 Å². The maximum atomic E-state index is 12.7. The van der Waals surface area contributed by atoms with Crippen molar-refractivity contribution in [3.05, 3.63) is 57.7 Å². The number of anilines is 1. The summed E-state index contributed by atoms with van der Waals surface area (Å²) in [4.78, 5) is 21.6. The van der Waals surface area contributed by atoms with Crippen LogP contribution in [0.25, 0.3) is 16.9 Å². The topological polar surface area (TPSA) is 69.0 Å². The minimum atomic E-state index is -0.172. The summed E-state index contributed by atoms with van der Waals surface area (Å²) in [6.45, 7) is 0. The van der Waals surface area contributed by atoms with Gasteiger partial charge in [0.2, 0.25) is 0 Å². The molecule has 3 aromatic rings. The Morgan fingerprint density at radius 1 is 1.23 bits per heavy atom. The highest BCUT2D eigenvalue weighted by molar-refractivity contribution is 9.10. The van der Waals surface area contributed by atoms with Crippen LogP contribution in [0.1, 0.15) is 0 Å². The van der Waals surface area contributed by atoms with Gasteiger partial charge in [-0.1, -0.05) is 0 Å². The van der Waals surface area contributed by atoms with Crippen LogP contribution in [0.15, 0.2) is 57.1 Å². The lowest BCUT2D eigenvalue weighted by Crippen LogP contribution is -2.18. The van der Waals surface area contributed by atoms with E-state index in [4.69, 9.17) is 4.74 Å². The molecule has 6 nitrogen and oxygen atoms in total. The van der Waals surface area contributed by atoms with Gasteiger partial charge in [-0.15, -0.1) is 11.8 Å². The molecule has 2 heterocycles. The molecule has 0 aliphatic rings. The molecule has 2 aromatic heterocycles. The second-order valence-electron chi connectivity index (χ2n) is 5.30. The van der Waals surface area contributed by atoms with Crippen molar-refractivity contribution in [2.75, 3.05) is 25.7 Å². The molecule has 0 saturated heterocycles. The molecule has 0 fully saturated rings. The zero-order valence-electron chi connectivity index (χ0n) is 14.5. The molecule has 0 bridgehead atoms. The third-order valence-electron chi connectivity index (χ3n) is 3.86. The van der Waals surface area contributed by atoms with Crippen LogP contribution in [-0.2, 0) is 0 Å². The Morgan fingerprint density at radius 2 is 1.96 bits per heavy atom. The standard InChI is InChI=1S/C18H17BrN4O2S/c1-20-17-13(19)9-21-18(26-3)16(17)14-8-15(24)23(10-22-14)11-4-6-12(25-2)7-5-11/h4-10H,1-3H3,(H,20,21). The molecule has 0 saturated carbocycles. The third-order valence-corrected chi connectivity index (χ3v) is 5.16. The molecule has 134 valence electrons. The van der Waals surface area contributed by atoms with E-state index in [1.807, 2.05) is 25.4 Å². The van der Waals surface area contributed by atoms with Gasteiger partial charge >= 0.3 is 0 Å². The molecule has 26 heavy (non-hydrogen) atoms. The Bertz CT molecular complexity index is 989. The van der Waals surface area contributed by atoms with Crippen molar-refractivity contribution in [2.24, 2.45) is 0 Å². The third kappa shape index (κ3) is 3.47. The lowest BCUT2D eigenvalue weighted by atomic mass is 10.1. The maximum Gasteiger partial charge on any atom is 0.258 e. The first-order chi connectivity index (χ1) is 12.6. The first kappa shape index (κ1) is 18.5. The van der Waals surface area contributed by atoms with Crippen LogP contribution in [0, 0.1) is 0 Å². The summed E-state index contributed by atoms with van der Waals surface area (Å²) in [6.07, 6.45) is 5.21. The molecule has 0 atom stereocenters. The van der Waals surface area contributed by atoms with E-state index in [1.165, 1.54) is 28.7 Å². The number of aromatic nitrogens is 3. The molecule has 0 aliphatic heterocycles. The van der Waals surface area contributed by atoms with Gasteiger partial charge in [-0.2, -0.15) is 0 Å². The number of benzene rings is 1. The SMILES string of the molecule is CNc1c(Br)cnc(SC)c1-c1cc(=O)n(-c2ccc(OC)cc2)cn1. The first-order valence-corrected chi connectivity index (χ1v) is 9.74. The van der Waals surface area contributed by atoms with Crippen LogP contribution >= 0.6 is 27.7 Å². The van der Waals surface area contributed by atoms with Crippen molar-refractivity contribution in [1.29, 1.82) is 0 Å². The van der Waals surface area contributed by atoms with Crippen molar-refractivity contribution in [3.63, 3.8) is 0 Å². The van der Waals surface area contributed by atoms with Crippen LogP contribution in [0.4, 0.5) is 5.69 Å². The van der Waals surface area contributed by atoms with Gasteiger partial charge in [0, 0.05) is 19.3 Å². The largest absolute Gasteiger partial charge is 0.497 e. The maximum absolute atomic E-state index is 12.7. The molecule has 0 radical (unpaired) electrons. The Hall–Kier alpha value is -2.32. The van der Waals surface area contributed by atoms with Gasteiger partial charge in [-0.05, 0) is 46.5 Å². The Labute approximate surface area is 163 Å². The predicted octanol–water partition coefficient (Wildman–Crippen LogP) is 3.83. The van der Waals surface area contributed by atoms with Gasteiger partial charge in [0.25, 0.3) is 5.56 Å². The van der Waals surface area contributed by atoms with Gasteiger partial charge < -0.3 is 10.1 Å². The summed E-state index contributed by atoms with van der Waals surface area (Å²) < 4.78 is 7.46. The van der Waals surface area contributed by atoms with Gasteiger partial charge in [-0.3, -0.25) is 9.36 Å². The van der Waals surface area contributed by atoms with Gasteiger partial charge in [0.15, 0.2) is 0 Å². The number of halogens is 1. The number of thioether (sulfide) groups is 1. The zero-order chi connectivity index (χ0) is 18.7. The highest BCUT2D eigenvalue weighted by atomic mass is 79.9. The first-order valence-electron chi connectivity index (χ1n) is 7.72. The number of hydrogen-bond acceptors (Lipinski definition) is 6. The fourth-order valence-electron chi connectivity index (χ4n) is 2.58. The van der Waals surface area contributed by atoms with Gasteiger partial charge in [0.05, 0.1) is 34.2 Å². The number of nitrogens with one attached hydrogen (secondary N) is 1. The monoisotopic (exact) mass is 432 g/mol. The molecule has 8 heteroatoms. The van der Waals surface area contributed by atoms with Gasteiger partial charge in [0.1, 0.15) is 17.1 Å². The second kappa shape index (κ2) is 7.92. The summed E-state index contributed by atoms with van der Waals surface area (Å²) in [5.41, 5.74) is 2.77. The fraction of sp³-hybridized carbons (Fsp3) is 0.167. The molecule has 3 rings (SSSR count). The van der Waals surface area contributed by atoms with Crippen LogP contribution < -0.4 is 15.6 Å². The van der Waals surface area contributed by atoms with Crippen molar-refractivity contribution in [3.8, 4) is 22.7 Å². The van der Waals surface area contributed by atoms with Crippen LogP contribution in [-0.4, -0.2) is 34.9 Å². The lowest BCUT2D eigenvalue weighted by Gasteiger charge is -2.14. The summed E-state index contributed by atoms with van der Waals surface area (Å²) in [6, 6.07) is 8.76. The molecule has 0 unspecified atom stereocenters. The smallest absolute Gasteiger partial charge is 0.258 e. The molecular formula is C18H17BrN4O2S. The van der Waals surface area contributed by atoms with E-state index in [1.54, 1.807) is 25.4 Å². The number of ether oxygens (including phenoxy) is 1. The minimum Gasteiger partial charge on any atom is -0.497 e. The molecular weight excluding hydrogens is 416 g/mol. The van der Waals surface area contributed by atoms with E-state index in [-0.39, 0.29) is 5.56 Å². The van der Waals surface area contributed by atoms with Crippen LogP contribution in [0.3, 0.4) is 0 Å². The van der Waals surface area contributed by atoms with Crippen molar-refractivity contribution in [2.45, 2.75) is 5.03 Å². The minimum absolute atomic E-state index is 0.172. The zero-order valence-corrected chi connectivity index (χ0v) is 16.9. The molecule has 0 spiro atoms. The Kier molecular flexibility index (Phi) is 5.63. The van der Waals surface area contributed by atoms with Crippen LogP contribution in [0.2, 0.25) is 0 Å². The van der Waals surface area contributed by atoms with E-state index in [0.29, 0.717) is 5.69 Å². The average molecular weight is 433 g/mol. The average Bonchev–Trinajstić information content (AvgIpc) is 2.67. The van der Waals surface area contributed by atoms with Crippen molar-refractivity contribution < 1.29 is 4.74 Å². The number of rotatable bonds is 5. The normalized spacial score (nSPS) is 10.6. The second-order valence-corrected chi connectivity index (χ2v) is 6.95. The molecule has 1 aromatic carbocycles. The molecule has 1 N–H and O–H groups in total. The lowest BCUT2D eigenvalue weighted by molar-refractivity contribution is 0.414. The van der Waals surface area contributed by atoms with E-state index in [0.717, 1.165) is 32.2 Å². The Balaban J connectivity index is 2.11. The number of hydrogen-bond donors (Lipinski definition) is 1. The predicted molar refractivity (Wildman–Crippen MR) is 109 cm³/mol. The Morgan fingerprint density at radius 3 is 2.54 bits per heavy atom. The number of methoxy groups -OCH3 is 1. The summed E-state index contributed by atoms with van der Waals surface area (Å²) in [7, 11) is 3.43. The highest BCUT2D eigenvalue weighted by Crippen LogP contribution is 2.37.